The van der Waals surface area contributed by atoms with Crippen LogP contribution in [0.5, 0.6) is 11.5 Å². The van der Waals surface area contributed by atoms with Crippen LogP contribution in [-0.4, -0.2) is 13.2 Å². The van der Waals surface area contributed by atoms with Gasteiger partial charge >= 0.3 is 0 Å². The lowest BCUT2D eigenvalue weighted by Crippen LogP contribution is -2.11. The molecule has 2 aromatic carbocycles. The first-order valence-electron chi connectivity index (χ1n) is 8.46. The second-order valence-electron chi connectivity index (χ2n) is 6.05. The van der Waals surface area contributed by atoms with Crippen LogP contribution in [-0.2, 0) is 0 Å². The summed E-state index contributed by atoms with van der Waals surface area (Å²) in [6.45, 7) is 0.959. The van der Waals surface area contributed by atoms with E-state index in [-0.39, 0.29) is 0 Å². The van der Waals surface area contributed by atoms with E-state index < -0.39 is 19.3 Å². The number of hydrogen-bond acceptors (Lipinski definition) is 7. The molecule has 0 aromatic heterocycles. The molecular formula is C15H16Cl4N5O2P3. The van der Waals surface area contributed by atoms with Crippen LogP contribution in [0.25, 0.3) is 0 Å². The van der Waals surface area contributed by atoms with E-state index in [0.29, 0.717) is 42.5 Å². The largest absolute Gasteiger partial charge is 0.491 e. The molecule has 156 valence electrons. The van der Waals surface area contributed by atoms with Gasteiger partial charge in [-0.2, -0.15) is 13.5 Å². The van der Waals surface area contributed by atoms with Crippen molar-refractivity contribution in [2.75, 3.05) is 23.4 Å². The zero-order valence-corrected chi connectivity index (χ0v) is 20.5. The van der Waals surface area contributed by atoms with Gasteiger partial charge in [-0.1, -0.05) is 24.3 Å². The lowest BCUT2D eigenvalue weighted by molar-refractivity contribution is 0.249. The first-order chi connectivity index (χ1) is 13.8. The van der Waals surface area contributed by atoms with Gasteiger partial charge in [-0.15, -0.1) is 0 Å². The van der Waals surface area contributed by atoms with Crippen LogP contribution in [0.4, 0.5) is 11.4 Å². The topological polar surface area (TPSA) is 79.6 Å². The van der Waals surface area contributed by atoms with Gasteiger partial charge < -0.3 is 19.6 Å². The molecule has 0 saturated heterocycles. The summed E-state index contributed by atoms with van der Waals surface area (Å²) in [7, 11) is -3.08. The van der Waals surface area contributed by atoms with Crippen LogP contribution in [0, 0.1) is 0 Å². The highest BCUT2D eigenvalue weighted by molar-refractivity contribution is 8.21. The molecule has 0 amide bonds. The molecular weight excluding hydrogens is 517 g/mol. The van der Waals surface area contributed by atoms with E-state index in [1.165, 1.54) is 0 Å². The molecule has 0 atom stereocenters. The molecule has 29 heavy (non-hydrogen) atoms. The molecule has 1 spiro atoms. The van der Waals surface area contributed by atoms with Gasteiger partial charge in [0.05, 0.1) is 24.6 Å². The van der Waals surface area contributed by atoms with E-state index >= 15 is 0 Å². The summed E-state index contributed by atoms with van der Waals surface area (Å²) in [5.74, 6) is -5.06. The summed E-state index contributed by atoms with van der Waals surface area (Å²) < 4.78 is 25.0. The average Bonchev–Trinajstić information content (AvgIpc) is 2.60. The number of para-hydroxylation sites is 4. The highest BCUT2D eigenvalue weighted by Gasteiger charge is 2.35. The normalized spacial score (nSPS) is 21.4. The van der Waals surface area contributed by atoms with Crippen LogP contribution in [0.15, 0.2) is 62.1 Å². The number of nitrogens with one attached hydrogen (secondary N) is 2. The Hall–Kier alpha value is -0.510. The van der Waals surface area contributed by atoms with Gasteiger partial charge in [0.1, 0.15) is 11.5 Å². The van der Waals surface area contributed by atoms with Crippen molar-refractivity contribution in [2.45, 2.75) is 6.42 Å². The van der Waals surface area contributed by atoms with Crippen LogP contribution >= 0.6 is 64.3 Å². The Morgan fingerprint density at radius 1 is 0.690 bits per heavy atom. The lowest BCUT2D eigenvalue weighted by atomic mass is 10.3. The Morgan fingerprint density at radius 3 is 1.69 bits per heavy atom. The molecule has 0 aliphatic carbocycles. The van der Waals surface area contributed by atoms with Gasteiger partial charge in [-0.3, -0.25) is 0 Å². The maximum atomic E-state index is 6.39. The van der Waals surface area contributed by atoms with Gasteiger partial charge in [-0.05, 0) is 69.2 Å². The molecule has 0 bridgehead atoms. The third-order valence-corrected chi connectivity index (χ3v) is 15.3. The minimum absolute atomic E-state index is 0.479. The fourth-order valence-corrected chi connectivity index (χ4v) is 17.8. The number of halogens is 4. The number of nitrogens with zero attached hydrogens (tertiary/aromatic N) is 3. The summed E-state index contributed by atoms with van der Waals surface area (Å²) >= 11 is 25.5. The first-order valence-corrected chi connectivity index (χ1v) is 17.2. The Bertz CT molecular complexity index is 1040. The van der Waals surface area contributed by atoms with Crippen molar-refractivity contribution in [3.8, 4) is 11.5 Å². The summed E-state index contributed by atoms with van der Waals surface area (Å²) in [5, 5.41) is 6.65. The predicted molar refractivity (Wildman–Crippen MR) is 127 cm³/mol. The molecule has 4 rings (SSSR count). The summed E-state index contributed by atoms with van der Waals surface area (Å²) in [4.78, 5) is 0. The fraction of sp³-hybridized carbons (Fsp3) is 0.200. The quantitative estimate of drug-likeness (QED) is 0.331. The Balaban J connectivity index is 1.92. The highest BCUT2D eigenvalue weighted by atomic mass is 35.9. The van der Waals surface area contributed by atoms with Crippen molar-refractivity contribution in [2.24, 2.45) is 13.5 Å². The molecule has 2 aliphatic rings. The Morgan fingerprint density at radius 2 is 1.17 bits per heavy atom. The molecule has 0 radical (unpaired) electrons. The maximum absolute atomic E-state index is 6.39. The minimum atomic E-state index is -3.16. The van der Waals surface area contributed by atoms with Gasteiger partial charge in [0, 0.05) is 6.42 Å². The average molecular weight is 533 g/mol. The summed E-state index contributed by atoms with van der Waals surface area (Å²) in [5.41, 5.74) is 1.34. The summed E-state index contributed by atoms with van der Waals surface area (Å²) in [6, 6.07) is 14.9. The van der Waals surface area contributed by atoms with E-state index in [0.717, 1.165) is 0 Å². The molecule has 0 unspecified atom stereocenters. The third kappa shape index (κ3) is 5.40. The Labute approximate surface area is 188 Å². The summed E-state index contributed by atoms with van der Waals surface area (Å²) in [6.07, 6.45) is 0.715. The molecule has 0 fully saturated rings. The van der Waals surface area contributed by atoms with Crippen LogP contribution in [0.1, 0.15) is 6.42 Å². The number of ether oxygens (including phenoxy) is 2. The Kier molecular flexibility index (Phi) is 6.40. The molecule has 2 aliphatic heterocycles. The molecule has 2 N–H and O–H groups in total. The maximum Gasteiger partial charge on any atom is 0.266 e. The predicted octanol–water partition coefficient (Wildman–Crippen LogP) is 9.18. The van der Waals surface area contributed by atoms with Gasteiger partial charge in [0.25, 0.3) is 19.3 Å². The first kappa shape index (κ1) is 21.7. The van der Waals surface area contributed by atoms with E-state index in [9.17, 15) is 0 Å². The molecule has 0 saturated carbocycles. The number of hydrogen-bond donors (Lipinski definition) is 2. The van der Waals surface area contributed by atoms with Crippen molar-refractivity contribution in [1.82, 2.24) is 0 Å². The van der Waals surface area contributed by atoms with E-state index in [2.05, 4.69) is 23.7 Å². The number of benzene rings is 2. The molecule has 2 heterocycles. The van der Waals surface area contributed by atoms with Gasteiger partial charge in [0.15, 0.2) is 0 Å². The minimum Gasteiger partial charge on any atom is -0.491 e. The van der Waals surface area contributed by atoms with Gasteiger partial charge in [0.2, 0.25) is 0 Å². The van der Waals surface area contributed by atoms with E-state index in [1.54, 1.807) is 0 Å². The smallest absolute Gasteiger partial charge is 0.266 e. The molecule has 14 heteroatoms. The second-order valence-corrected chi connectivity index (χ2v) is 18.4. The van der Waals surface area contributed by atoms with E-state index in [1.807, 2.05) is 48.5 Å². The van der Waals surface area contributed by atoms with Crippen molar-refractivity contribution < 1.29 is 9.47 Å². The van der Waals surface area contributed by atoms with Gasteiger partial charge in [-0.25, -0.2) is 0 Å². The molecule has 2 aromatic rings. The van der Waals surface area contributed by atoms with Crippen molar-refractivity contribution in [3.63, 3.8) is 0 Å². The van der Waals surface area contributed by atoms with E-state index in [4.69, 9.17) is 54.4 Å². The lowest BCUT2D eigenvalue weighted by Gasteiger charge is -2.30. The fourth-order valence-electron chi connectivity index (χ4n) is 2.74. The monoisotopic (exact) mass is 531 g/mol. The SMILES string of the molecule is ClP1(Cl)=NP(Cl)(Cl)=NP2(=N1)Nc1ccccc1OCCCOc1ccccc1N2. The van der Waals surface area contributed by atoms with Crippen LogP contribution in [0.2, 0.25) is 0 Å². The number of rotatable bonds is 0. The number of anilines is 2. The highest BCUT2D eigenvalue weighted by Crippen LogP contribution is 2.84. The zero-order valence-electron chi connectivity index (χ0n) is 14.8. The zero-order chi connectivity index (χ0) is 20.5. The standard InChI is InChI=1S/C15H16Cl4N5O2P3/c16-27(17)22-28(18,19)24-29(23-27)20-12-6-1-3-8-14(12)25-10-5-11-26-15-9-4-2-7-13(15)21-29/h1-4,6-9,20-21H,5,10-11H2. The third-order valence-electron chi connectivity index (χ3n) is 3.82. The van der Waals surface area contributed by atoms with Crippen molar-refractivity contribution in [1.29, 1.82) is 0 Å². The number of fused-ring (bicyclic) bond motifs is 2. The van der Waals surface area contributed by atoms with Crippen LogP contribution in [0.3, 0.4) is 0 Å². The molecule has 7 nitrogen and oxygen atoms in total. The second kappa shape index (κ2) is 8.55. The van der Waals surface area contributed by atoms with Crippen LogP contribution < -0.4 is 19.6 Å². The van der Waals surface area contributed by atoms with Crippen molar-refractivity contribution in [3.05, 3.63) is 48.5 Å². The van der Waals surface area contributed by atoms with Crippen molar-refractivity contribution >= 4 is 75.7 Å².